The number of sulfonamides is 1. The first kappa shape index (κ1) is 22.3. The minimum Gasteiger partial charge on any atom is -0.476 e. The molecule has 1 aliphatic heterocycles. The SMILES string of the molecule is O=C(NCCSCc1ccco1)[C@H]1CN(S(=O)(=O)Cc2ccccc2)c2ccccc2O1. The zero-order valence-corrected chi connectivity index (χ0v) is 19.0. The van der Waals surface area contributed by atoms with Crippen molar-refractivity contribution in [2.24, 2.45) is 0 Å². The largest absolute Gasteiger partial charge is 0.476 e. The minimum atomic E-state index is -3.71. The van der Waals surface area contributed by atoms with Crippen molar-refractivity contribution < 1.29 is 22.4 Å². The average molecular weight is 473 g/mol. The van der Waals surface area contributed by atoms with Crippen LogP contribution < -0.4 is 14.4 Å². The predicted octanol–water partition coefficient (Wildman–Crippen LogP) is 3.43. The molecular formula is C23H24N2O5S2. The summed E-state index contributed by atoms with van der Waals surface area (Å²) in [5, 5.41) is 2.85. The molecule has 0 spiro atoms. The second-order valence-electron chi connectivity index (χ2n) is 7.27. The summed E-state index contributed by atoms with van der Waals surface area (Å²) in [5.74, 6) is 2.20. The van der Waals surface area contributed by atoms with E-state index in [4.69, 9.17) is 9.15 Å². The second kappa shape index (κ2) is 10.1. The van der Waals surface area contributed by atoms with Crippen molar-refractivity contribution in [3.8, 4) is 5.75 Å². The molecule has 0 bridgehead atoms. The molecule has 3 aromatic rings. The number of ether oxygens (including phenoxy) is 1. The summed E-state index contributed by atoms with van der Waals surface area (Å²) in [7, 11) is -3.71. The van der Waals surface area contributed by atoms with Gasteiger partial charge in [-0.15, -0.1) is 0 Å². The van der Waals surface area contributed by atoms with E-state index in [2.05, 4.69) is 5.32 Å². The number of benzene rings is 2. The molecule has 4 rings (SSSR count). The molecule has 2 aromatic carbocycles. The number of thioether (sulfide) groups is 1. The van der Waals surface area contributed by atoms with E-state index in [1.165, 1.54) is 4.31 Å². The van der Waals surface area contributed by atoms with Crippen molar-refractivity contribution in [2.75, 3.05) is 23.1 Å². The van der Waals surface area contributed by atoms with Gasteiger partial charge in [-0.1, -0.05) is 42.5 Å². The first-order chi connectivity index (χ1) is 15.5. The number of nitrogens with zero attached hydrogens (tertiary/aromatic N) is 1. The molecule has 168 valence electrons. The Balaban J connectivity index is 1.40. The molecule has 1 aromatic heterocycles. The fourth-order valence-corrected chi connectivity index (χ4v) is 5.73. The van der Waals surface area contributed by atoms with Crippen LogP contribution in [0.3, 0.4) is 0 Å². The highest BCUT2D eigenvalue weighted by atomic mass is 32.2. The van der Waals surface area contributed by atoms with E-state index < -0.39 is 16.1 Å². The van der Waals surface area contributed by atoms with Crippen molar-refractivity contribution in [3.05, 3.63) is 84.3 Å². The van der Waals surface area contributed by atoms with Crippen molar-refractivity contribution in [3.63, 3.8) is 0 Å². The monoisotopic (exact) mass is 472 g/mol. The van der Waals surface area contributed by atoms with Gasteiger partial charge in [0.25, 0.3) is 5.91 Å². The molecule has 1 N–H and O–H groups in total. The lowest BCUT2D eigenvalue weighted by atomic mass is 10.2. The van der Waals surface area contributed by atoms with Gasteiger partial charge in [-0.2, -0.15) is 11.8 Å². The van der Waals surface area contributed by atoms with Gasteiger partial charge in [-0.05, 0) is 29.8 Å². The number of carbonyl (C=O) groups excluding carboxylic acids is 1. The maximum Gasteiger partial charge on any atom is 0.263 e. The van der Waals surface area contributed by atoms with Crippen LogP contribution in [0.4, 0.5) is 5.69 Å². The molecule has 9 heteroatoms. The summed E-state index contributed by atoms with van der Waals surface area (Å²) in [6, 6.07) is 19.6. The molecule has 0 saturated carbocycles. The van der Waals surface area contributed by atoms with Gasteiger partial charge in [0.2, 0.25) is 10.0 Å². The Morgan fingerprint density at radius 3 is 2.62 bits per heavy atom. The van der Waals surface area contributed by atoms with E-state index >= 15 is 0 Å². The zero-order valence-electron chi connectivity index (χ0n) is 17.3. The molecule has 1 amide bonds. The van der Waals surface area contributed by atoms with Gasteiger partial charge < -0.3 is 14.5 Å². The van der Waals surface area contributed by atoms with Crippen molar-refractivity contribution in [1.29, 1.82) is 0 Å². The molecule has 2 heterocycles. The van der Waals surface area contributed by atoms with Gasteiger partial charge in [-0.3, -0.25) is 9.10 Å². The molecule has 0 fully saturated rings. The second-order valence-corrected chi connectivity index (χ2v) is 10.3. The summed E-state index contributed by atoms with van der Waals surface area (Å²) in [4.78, 5) is 12.7. The Morgan fingerprint density at radius 2 is 1.84 bits per heavy atom. The Labute approximate surface area is 191 Å². The van der Waals surface area contributed by atoms with Crippen LogP contribution in [-0.4, -0.2) is 39.3 Å². The van der Waals surface area contributed by atoms with Gasteiger partial charge in [0.15, 0.2) is 6.10 Å². The fourth-order valence-electron chi connectivity index (χ4n) is 3.39. The quantitative estimate of drug-likeness (QED) is 0.480. The molecule has 1 atom stereocenters. The molecule has 0 saturated heterocycles. The third kappa shape index (κ3) is 5.46. The van der Waals surface area contributed by atoms with Gasteiger partial charge in [0.1, 0.15) is 11.5 Å². The van der Waals surface area contributed by atoms with Crippen LogP contribution >= 0.6 is 11.8 Å². The highest BCUT2D eigenvalue weighted by molar-refractivity contribution is 7.98. The zero-order chi connectivity index (χ0) is 22.4. The lowest BCUT2D eigenvalue weighted by Crippen LogP contribution is -2.51. The number of hydrogen-bond donors (Lipinski definition) is 1. The van der Waals surface area contributed by atoms with Crippen LogP contribution in [0.25, 0.3) is 0 Å². The van der Waals surface area contributed by atoms with Crippen LogP contribution in [0, 0.1) is 0 Å². The smallest absolute Gasteiger partial charge is 0.263 e. The summed E-state index contributed by atoms with van der Waals surface area (Å²) in [6.45, 7) is 0.375. The van der Waals surface area contributed by atoms with Crippen LogP contribution in [0.2, 0.25) is 0 Å². The lowest BCUT2D eigenvalue weighted by Gasteiger charge is -2.34. The summed E-state index contributed by atoms with van der Waals surface area (Å²) in [6.07, 6.45) is 0.707. The van der Waals surface area contributed by atoms with E-state index in [1.54, 1.807) is 66.6 Å². The predicted molar refractivity (Wildman–Crippen MR) is 125 cm³/mol. The maximum absolute atomic E-state index is 13.2. The van der Waals surface area contributed by atoms with Crippen LogP contribution in [-0.2, 0) is 26.3 Å². The topological polar surface area (TPSA) is 88.9 Å². The molecular weight excluding hydrogens is 448 g/mol. The number of furan rings is 1. The van der Waals surface area contributed by atoms with Crippen molar-refractivity contribution >= 4 is 33.4 Å². The van der Waals surface area contributed by atoms with Crippen LogP contribution in [0.1, 0.15) is 11.3 Å². The van der Waals surface area contributed by atoms with Gasteiger partial charge in [0, 0.05) is 12.3 Å². The van der Waals surface area contributed by atoms with Gasteiger partial charge >= 0.3 is 0 Å². The van der Waals surface area contributed by atoms with Gasteiger partial charge in [-0.25, -0.2) is 8.42 Å². The summed E-state index contributed by atoms with van der Waals surface area (Å²) < 4.78 is 38.9. The molecule has 7 nitrogen and oxygen atoms in total. The maximum atomic E-state index is 13.2. The molecule has 1 aliphatic rings. The average Bonchev–Trinajstić information content (AvgIpc) is 3.32. The Hall–Kier alpha value is -2.91. The summed E-state index contributed by atoms with van der Waals surface area (Å²) in [5.41, 5.74) is 1.13. The Bertz CT molecular complexity index is 1130. The number of hydrogen-bond acceptors (Lipinski definition) is 6. The molecule has 0 radical (unpaired) electrons. The molecule has 0 aliphatic carbocycles. The number of nitrogens with one attached hydrogen (secondary N) is 1. The Morgan fingerprint density at radius 1 is 1.06 bits per heavy atom. The Kier molecular flexibility index (Phi) is 7.06. The van der Waals surface area contributed by atoms with E-state index in [1.807, 2.05) is 18.2 Å². The standard InChI is InChI=1S/C23H24N2O5S2/c26-23(24-12-14-31-16-19-9-6-13-29-19)22-15-25(20-10-4-5-11-21(20)30-22)32(27,28)17-18-7-2-1-3-8-18/h1-11,13,22H,12,14-17H2,(H,24,26)/t22-/m1/s1. The molecule has 32 heavy (non-hydrogen) atoms. The number of para-hydroxylation sites is 2. The van der Waals surface area contributed by atoms with Crippen molar-refractivity contribution in [1.82, 2.24) is 5.32 Å². The van der Waals surface area contributed by atoms with E-state index in [0.717, 1.165) is 11.5 Å². The number of amides is 1. The third-order valence-corrected chi connectivity index (χ3v) is 7.62. The lowest BCUT2D eigenvalue weighted by molar-refractivity contribution is -0.127. The third-order valence-electron chi connectivity index (χ3n) is 4.92. The van der Waals surface area contributed by atoms with Crippen LogP contribution in [0.15, 0.2) is 77.4 Å². The number of fused-ring (bicyclic) bond motifs is 1. The fraction of sp³-hybridized carbons (Fsp3) is 0.261. The minimum absolute atomic E-state index is 0.0719. The van der Waals surface area contributed by atoms with E-state index in [-0.39, 0.29) is 18.2 Å². The number of rotatable bonds is 9. The first-order valence-corrected chi connectivity index (χ1v) is 13.0. The van der Waals surface area contributed by atoms with Crippen LogP contribution in [0.5, 0.6) is 5.75 Å². The van der Waals surface area contributed by atoms with Crippen molar-refractivity contribution in [2.45, 2.75) is 17.6 Å². The highest BCUT2D eigenvalue weighted by Gasteiger charge is 2.36. The first-order valence-electron chi connectivity index (χ1n) is 10.2. The number of carbonyl (C=O) groups is 1. The highest BCUT2D eigenvalue weighted by Crippen LogP contribution is 2.35. The summed E-state index contributed by atoms with van der Waals surface area (Å²) >= 11 is 1.64. The van der Waals surface area contributed by atoms with E-state index in [0.29, 0.717) is 29.3 Å². The normalized spacial score (nSPS) is 15.6. The molecule has 0 unspecified atom stereocenters. The van der Waals surface area contributed by atoms with Gasteiger partial charge in [0.05, 0.1) is 30.0 Å². The number of anilines is 1. The van der Waals surface area contributed by atoms with E-state index in [9.17, 15) is 13.2 Å².